The maximum absolute atomic E-state index is 12.6. The highest BCUT2D eigenvalue weighted by atomic mass is 19.4. The number of hydrogen-bond acceptors (Lipinski definition) is 4. The number of halogens is 3. The number of hydrogen-bond donors (Lipinski definition) is 2. The molecule has 6 nitrogen and oxygen atoms in total. The standard InChI is InChI=1S/C13H13F3N4O2/c14-13(15,16)9-3-4-11(21)10(6-9)19-12(22)2-1-5-20-8-17-7-18-20/h3-4,6-8,21H,1-2,5H2,(H,19,22). The second-order valence-electron chi connectivity index (χ2n) is 4.54. The van der Waals surface area contributed by atoms with E-state index in [0.717, 1.165) is 12.1 Å². The summed E-state index contributed by atoms with van der Waals surface area (Å²) in [7, 11) is 0. The van der Waals surface area contributed by atoms with Gasteiger partial charge in [0.2, 0.25) is 5.91 Å². The number of aromatic hydroxyl groups is 1. The fraction of sp³-hybridized carbons (Fsp3) is 0.308. The summed E-state index contributed by atoms with van der Waals surface area (Å²) in [5, 5.41) is 15.6. The van der Waals surface area contributed by atoms with Gasteiger partial charge in [-0.25, -0.2) is 4.98 Å². The first-order chi connectivity index (χ1) is 10.4. The van der Waals surface area contributed by atoms with E-state index in [1.54, 1.807) is 0 Å². The van der Waals surface area contributed by atoms with Crippen molar-refractivity contribution in [3.63, 3.8) is 0 Å². The molecule has 0 fully saturated rings. The lowest BCUT2D eigenvalue weighted by atomic mass is 10.1. The van der Waals surface area contributed by atoms with Crippen molar-refractivity contribution in [3.8, 4) is 5.75 Å². The Kier molecular flexibility index (Phi) is 4.64. The molecule has 0 atom stereocenters. The zero-order valence-electron chi connectivity index (χ0n) is 11.3. The molecular weight excluding hydrogens is 301 g/mol. The van der Waals surface area contributed by atoms with Crippen molar-refractivity contribution >= 4 is 11.6 Å². The Morgan fingerprint density at radius 3 is 2.77 bits per heavy atom. The molecule has 0 spiro atoms. The van der Waals surface area contributed by atoms with Gasteiger partial charge in [0.25, 0.3) is 0 Å². The Morgan fingerprint density at radius 2 is 2.14 bits per heavy atom. The van der Waals surface area contributed by atoms with Crippen LogP contribution in [-0.4, -0.2) is 25.8 Å². The van der Waals surface area contributed by atoms with Crippen molar-refractivity contribution in [2.45, 2.75) is 25.6 Å². The van der Waals surface area contributed by atoms with E-state index in [4.69, 9.17) is 0 Å². The van der Waals surface area contributed by atoms with Crippen LogP contribution in [0.5, 0.6) is 5.75 Å². The molecule has 0 unspecified atom stereocenters. The van der Waals surface area contributed by atoms with Gasteiger partial charge in [0, 0.05) is 13.0 Å². The molecule has 0 saturated heterocycles. The lowest BCUT2D eigenvalue weighted by molar-refractivity contribution is -0.137. The molecule has 0 aliphatic rings. The van der Waals surface area contributed by atoms with Crippen LogP contribution in [0.2, 0.25) is 0 Å². The minimum atomic E-state index is -4.54. The van der Waals surface area contributed by atoms with Gasteiger partial charge in [-0.15, -0.1) is 0 Å². The van der Waals surface area contributed by atoms with Crippen LogP contribution in [0, 0.1) is 0 Å². The number of phenolic OH excluding ortho intramolecular Hbond substituents is 1. The van der Waals surface area contributed by atoms with E-state index in [9.17, 15) is 23.1 Å². The number of rotatable bonds is 5. The minimum Gasteiger partial charge on any atom is -0.506 e. The van der Waals surface area contributed by atoms with Crippen LogP contribution in [0.15, 0.2) is 30.9 Å². The molecule has 0 aliphatic carbocycles. The molecule has 1 amide bonds. The van der Waals surface area contributed by atoms with Crippen LogP contribution < -0.4 is 5.32 Å². The second-order valence-corrected chi connectivity index (χ2v) is 4.54. The van der Waals surface area contributed by atoms with Gasteiger partial charge >= 0.3 is 6.18 Å². The fourth-order valence-corrected chi connectivity index (χ4v) is 1.78. The van der Waals surface area contributed by atoms with E-state index < -0.39 is 23.4 Å². The smallest absolute Gasteiger partial charge is 0.416 e. The normalized spacial score (nSPS) is 11.4. The van der Waals surface area contributed by atoms with Crippen molar-refractivity contribution < 1.29 is 23.1 Å². The molecule has 2 rings (SSSR count). The molecular formula is C13H13F3N4O2. The summed E-state index contributed by atoms with van der Waals surface area (Å²) in [4.78, 5) is 15.4. The highest BCUT2D eigenvalue weighted by Crippen LogP contribution is 2.34. The summed E-state index contributed by atoms with van der Waals surface area (Å²) in [5.74, 6) is -0.910. The van der Waals surface area contributed by atoms with Crippen LogP contribution in [-0.2, 0) is 17.5 Å². The van der Waals surface area contributed by atoms with Gasteiger partial charge in [-0.2, -0.15) is 18.3 Å². The van der Waals surface area contributed by atoms with Crippen LogP contribution in [0.25, 0.3) is 0 Å². The predicted molar refractivity (Wildman–Crippen MR) is 71.0 cm³/mol. The Bertz CT molecular complexity index is 641. The predicted octanol–water partition coefficient (Wildman–Crippen LogP) is 2.42. The Morgan fingerprint density at radius 1 is 1.36 bits per heavy atom. The van der Waals surface area contributed by atoms with Crippen molar-refractivity contribution in [1.82, 2.24) is 14.8 Å². The molecule has 9 heteroatoms. The third-order valence-electron chi connectivity index (χ3n) is 2.86. The monoisotopic (exact) mass is 314 g/mol. The summed E-state index contributed by atoms with van der Waals surface area (Å²) in [6.07, 6.45) is -1.16. The Balaban J connectivity index is 1.93. The van der Waals surface area contributed by atoms with E-state index in [0.29, 0.717) is 19.0 Å². The van der Waals surface area contributed by atoms with Crippen molar-refractivity contribution in [3.05, 3.63) is 36.4 Å². The molecule has 1 aromatic heterocycles. The average Bonchev–Trinajstić information content (AvgIpc) is 2.93. The number of amides is 1. The van der Waals surface area contributed by atoms with Gasteiger partial charge in [0.15, 0.2) is 0 Å². The summed E-state index contributed by atoms with van der Waals surface area (Å²) in [6, 6.07) is 2.34. The molecule has 1 heterocycles. The first-order valence-corrected chi connectivity index (χ1v) is 6.39. The zero-order valence-corrected chi connectivity index (χ0v) is 11.3. The van der Waals surface area contributed by atoms with E-state index >= 15 is 0 Å². The van der Waals surface area contributed by atoms with E-state index in [1.165, 1.54) is 17.3 Å². The molecule has 22 heavy (non-hydrogen) atoms. The number of nitrogens with one attached hydrogen (secondary N) is 1. The maximum atomic E-state index is 12.6. The van der Waals surface area contributed by atoms with Gasteiger partial charge in [0.05, 0.1) is 11.3 Å². The maximum Gasteiger partial charge on any atom is 0.416 e. The second kappa shape index (κ2) is 6.46. The number of nitrogens with zero attached hydrogens (tertiary/aromatic N) is 3. The number of carbonyl (C=O) groups is 1. The fourth-order valence-electron chi connectivity index (χ4n) is 1.78. The molecule has 118 valence electrons. The van der Waals surface area contributed by atoms with Crippen LogP contribution >= 0.6 is 0 Å². The van der Waals surface area contributed by atoms with Crippen LogP contribution in [0.4, 0.5) is 18.9 Å². The zero-order chi connectivity index (χ0) is 16.2. The molecule has 1 aromatic carbocycles. The summed E-state index contributed by atoms with van der Waals surface area (Å²) < 4.78 is 39.3. The van der Waals surface area contributed by atoms with Crippen LogP contribution in [0.3, 0.4) is 0 Å². The minimum absolute atomic E-state index is 0.0789. The molecule has 0 bridgehead atoms. The van der Waals surface area contributed by atoms with Gasteiger partial charge < -0.3 is 10.4 Å². The number of carbonyl (C=O) groups excluding carboxylic acids is 1. The number of phenols is 1. The topological polar surface area (TPSA) is 80.0 Å². The van der Waals surface area contributed by atoms with Crippen molar-refractivity contribution in [2.75, 3.05) is 5.32 Å². The lowest BCUT2D eigenvalue weighted by Crippen LogP contribution is -2.14. The third-order valence-corrected chi connectivity index (χ3v) is 2.86. The van der Waals surface area contributed by atoms with Gasteiger partial charge in [-0.1, -0.05) is 0 Å². The highest BCUT2D eigenvalue weighted by molar-refractivity contribution is 5.92. The summed E-state index contributed by atoms with van der Waals surface area (Å²) >= 11 is 0. The van der Waals surface area contributed by atoms with Gasteiger partial charge in [-0.05, 0) is 24.6 Å². The summed E-state index contributed by atoms with van der Waals surface area (Å²) in [5.41, 5.74) is -1.20. The van der Waals surface area contributed by atoms with Crippen molar-refractivity contribution in [2.24, 2.45) is 0 Å². The van der Waals surface area contributed by atoms with E-state index in [2.05, 4.69) is 15.4 Å². The quantitative estimate of drug-likeness (QED) is 0.831. The molecule has 0 saturated carbocycles. The molecule has 2 aromatic rings. The molecule has 0 radical (unpaired) electrons. The first kappa shape index (κ1) is 15.8. The largest absolute Gasteiger partial charge is 0.506 e. The highest BCUT2D eigenvalue weighted by Gasteiger charge is 2.31. The first-order valence-electron chi connectivity index (χ1n) is 6.39. The Hall–Kier alpha value is -2.58. The Labute approximate surface area is 123 Å². The molecule has 0 aliphatic heterocycles. The van der Waals surface area contributed by atoms with E-state index in [-0.39, 0.29) is 12.1 Å². The average molecular weight is 314 g/mol. The number of benzene rings is 1. The SMILES string of the molecule is O=C(CCCn1cncn1)Nc1cc(C(F)(F)F)ccc1O. The third kappa shape index (κ3) is 4.21. The number of aromatic nitrogens is 3. The van der Waals surface area contributed by atoms with E-state index in [1.807, 2.05) is 0 Å². The molecule has 2 N–H and O–H groups in total. The lowest BCUT2D eigenvalue weighted by Gasteiger charge is -2.11. The van der Waals surface area contributed by atoms with Gasteiger partial charge in [-0.3, -0.25) is 9.48 Å². The number of aryl methyl sites for hydroxylation is 1. The summed E-state index contributed by atoms with van der Waals surface area (Å²) in [6.45, 7) is 0.460. The van der Waals surface area contributed by atoms with Crippen LogP contribution in [0.1, 0.15) is 18.4 Å². The number of alkyl halides is 3. The van der Waals surface area contributed by atoms with Gasteiger partial charge in [0.1, 0.15) is 18.4 Å². The number of anilines is 1. The van der Waals surface area contributed by atoms with Crippen molar-refractivity contribution in [1.29, 1.82) is 0 Å².